The van der Waals surface area contributed by atoms with Gasteiger partial charge < -0.3 is 14.4 Å². The molecule has 0 unspecified atom stereocenters. The van der Waals surface area contributed by atoms with Gasteiger partial charge in [0.15, 0.2) is 11.6 Å². The Bertz CT molecular complexity index is 469. The van der Waals surface area contributed by atoms with E-state index in [1.54, 1.807) is 13.0 Å². The molecule has 0 bridgehead atoms. The minimum absolute atomic E-state index is 0.354. The van der Waals surface area contributed by atoms with Crippen molar-refractivity contribution < 1.29 is 18.8 Å². The van der Waals surface area contributed by atoms with Crippen LogP contribution in [0.5, 0.6) is 5.75 Å². The molecule has 18 heavy (non-hydrogen) atoms. The predicted molar refractivity (Wildman–Crippen MR) is 68.5 cm³/mol. The molecule has 98 valence electrons. The number of rotatable bonds is 1. The molecule has 0 spiro atoms. The Labute approximate surface area is 107 Å². The van der Waals surface area contributed by atoms with Crippen molar-refractivity contribution in [2.45, 2.75) is 45.8 Å². The highest BCUT2D eigenvalue weighted by Crippen LogP contribution is 2.37. The van der Waals surface area contributed by atoms with Gasteiger partial charge in [-0.2, -0.15) is 0 Å². The van der Waals surface area contributed by atoms with E-state index in [9.17, 15) is 9.50 Å². The van der Waals surface area contributed by atoms with E-state index in [0.717, 1.165) is 0 Å². The van der Waals surface area contributed by atoms with Crippen LogP contribution in [0.1, 0.15) is 33.3 Å². The lowest BCUT2D eigenvalue weighted by Gasteiger charge is -2.32. The first kappa shape index (κ1) is 13.4. The largest absolute Gasteiger partial charge is 0.505 e. The van der Waals surface area contributed by atoms with E-state index in [1.807, 2.05) is 27.7 Å². The van der Waals surface area contributed by atoms with Crippen LogP contribution in [0.2, 0.25) is 0 Å². The van der Waals surface area contributed by atoms with Gasteiger partial charge in [-0.25, -0.2) is 4.39 Å². The van der Waals surface area contributed by atoms with Crippen LogP contribution >= 0.6 is 0 Å². The normalized spacial score (nSPS) is 21.3. The molecule has 1 aliphatic heterocycles. The molecule has 3 nitrogen and oxygen atoms in total. The first-order valence-electron chi connectivity index (χ1n) is 5.99. The summed E-state index contributed by atoms with van der Waals surface area (Å²) in [5.41, 5.74) is 0.0502. The molecule has 1 N–H and O–H groups in total. The number of phenolic OH excluding ortho intramolecular Hbond substituents is 1. The predicted octanol–water partition coefficient (Wildman–Crippen LogP) is 2.14. The fraction of sp³-hybridized carbons (Fsp3) is 0.538. The van der Waals surface area contributed by atoms with Crippen molar-refractivity contribution in [2.24, 2.45) is 0 Å². The Kier molecular flexibility index (Phi) is 2.95. The smallest absolute Gasteiger partial charge is 0.495 e. The lowest BCUT2D eigenvalue weighted by molar-refractivity contribution is 0.00578. The summed E-state index contributed by atoms with van der Waals surface area (Å²) in [6.45, 7) is 9.38. The van der Waals surface area contributed by atoms with Gasteiger partial charge in [-0.3, -0.25) is 0 Å². The van der Waals surface area contributed by atoms with Crippen molar-refractivity contribution in [2.75, 3.05) is 0 Å². The van der Waals surface area contributed by atoms with Crippen molar-refractivity contribution in [3.8, 4) is 5.75 Å². The molecule has 1 saturated heterocycles. The molecule has 1 fully saturated rings. The maximum absolute atomic E-state index is 13.7. The highest BCUT2D eigenvalue weighted by atomic mass is 19.1. The fourth-order valence-electron chi connectivity index (χ4n) is 1.91. The molecule has 0 aromatic heterocycles. The average Bonchev–Trinajstić information content (AvgIpc) is 2.45. The molecule has 1 aromatic rings. The molecular formula is C13H18BFO3. The summed E-state index contributed by atoms with van der Waals surface area (Å²) in [6, 6.07) is 2.96. The van der Waals surface area contributed by atoms with E-state index in [0.29, 0.717) is 11.0 Å². The number of phenols is 1. The summed E-state index contributed by atoms with van der Waals surface area (Å²) in [5.74, 6) is -0.977. The number of halogens is 1. The third kappa shape index (κ3) is 1.91. The van der Waals surface area contributed by atoms with Gasteiger partial charge in [0.1, 0.15) is 0 Å². The topological polar surface area (TPSA) is 38.7 Å². The van der Waals surface area contributed by atoms with E-state index in [2.05, 4.69) is 0 Å². The van der Waals surface area contributed by atoms with Crippen molar-refractivity contribution in [3.63, 3.8) is 0 Å². The van der Waals surface area contributed by atoms with Gasteiger partial charge in [0.05, 0.1) is 11.2 Å². The van der Waals surface area contributed by atoms with Crippen LogP contribution < -0.4 is 5.46 Å². The highest BCUT2D eigenvalue weighted by Gasteiger charge is 2.52. The lowest BCUT2D eigenvalue weighted by atomic mass is 9.76. The standard InChI is InChI=1S/C13H18BFO3/c1-8-9(6-7-10(16)11(8)15)14-17-12(2,3)13(4,5)18-14/h6-7,16H,1-5H3. The summed E-state index contributed by atoms with van der Waals surface area (Å²) >= 11 is 0. The summed E-state index contributed by atoms with van der Waals surface area (Å²) in [5, 5.41) is 9.32. The van der Waals surface area contributed by atoms with Gasteiger partial charge in [0.25, 0.3) is 0 Å². The van der Waals surface area contributed by atoms with Gasteiger partial charge in [-0.05, 0) is 51.7 Å². The van der Waals surface area contributed by atoms with Crippen LogP contribution in [0.4, 0.5) is 4.39 Å². The molecule has 1 aromatic carbocycles. The fourth-order valence-corrected chi connectivity index (χ4v) is 1.91. The Balaban J connectivity index is 2.39. The third-order valence-electron chi connectivity index (χ3n) is 3.92. The second-order valence-corrected chi connectivity index (χ2v) is 5.70. The highest BCUT2D eigenvalue weighted by molar-refractivity contribution is 6.62. The number of hydrogen-bond donors (Lipinski definition) is 1. The summed E-state index contributed by atoms with van der Waals surface area (Å²) in [6.07, 6.45) is 0. The van der Waals surface area contributed by atoms with Crippen LogP contribution in [0.3, 0.4) is 0 Å². The monoisotopic (exact) mass is 252 g/mol. The Morgan fingerprint density at radius 1 is 1.11 bits per heavy atom. The molecule has 1 heterocycles. The SMILES string of the molecule is Cc1c(B2OC(C)(C)C(C)(C)O2)ccc(O)c1F. The Hall–Kier alpha value is -1.07. The summed E-state index contributed by atoms with van der Waals surface area (Å²) in [7, 11) is -0.606. The second-order valence-electron chi connectivity index (χ2n) is 5.70. The van der Waals surface area contributed by atoms with Gasteiger partial charge in [-0.15, -0.1) is 0 Å². The maximum atomic E-state index is 13.7. The van der Waals surface area contributed by atoms with Gasteiger partial charge in [-0.1, -0.05) is 6.07 Å². The zero-order chi connectivity index (χ0) is 13.7. The minimum atomic E-state index is -0.623. The third-order valence-corrected chi connectivity index (χ3v) is 3.92. The summed E-state index contributed by atoms with van der Waals surface area (Å²) < 4.78 is 25.4. The summed E-state index contributed by atoms with van der Waals surface area (Å²) in [4.78, 5) is 0. The van der Waals surface area contributed by atoms with Gasteiger partial charge in [0.2, 0.25) is 0 Å². The molecule has 0 saturated carbocycles. The Morgan fingerprint density at radius 3 is 2.11 bits per heavy atom. The first-order chi connectivity index (χ1) is 8.16. The van der Waals surface area contributed by atoms with Crippen molar-refractivity contribution >= 4 is 12.6 Å². The average molecular weight is 252 g/mol. The van der Waals surface area contributed by atoms with Crippen LogP contribution in [0.15, 0.2) is 12.1 Å². The molecule has 1 aliphatic rings. The van der Waals surface area contributed by atoms with Crippen LogP contribution in [-0.4, -0.2) is 23.4 Å². The molecule has 5 heteroatoms. The quantitative estimate of drug-likeness (QED) is 0.778. The van der Waals surface area contributed by atoms with E-state index in [1.165, 1.54) is 6.07 Å². The molecule has 2 rings (SSSR count). The van der Waals surface area contributed by atoms with Gasteiger partial charge >= 0.3 is 7.12 Å². The van der Waals surface area contributed by atoms with Crippen molar-refractivity contribution in [1.29, 1.82) is 0 Å². The molecular weight excluding hydrogens is 234 g/mol. The second kappa shape index (κ2) is 3.97. The minimum Gasteiger partial charge on any atom is -0.505 e. The van der Waals surface area contributed by atoms with Crippen LogP contribution in [0, 0.1) is 12.7 Å². The number of benzene rings is 1. The maximum Gasteiger partial charge on any atom is 0.495 e. The zero-order valence-corrected chi connectivity index (χ0v) is 11.4. The van der Waals surface area contributed by atoms with Gasteiger partial charge in [0, 0.05) is 0 Å². The van der Waals surface area contributed by atoms with Crippen molar-refractivity contribution in [3.05, 3.63) is 23.5 Å². The number of aromatic hydroxyl groups is 1. The van der Waals surface area contributed by atoms with Crippen molar-refractivity contribution in [1.82, 2.24) is 0 Å². The van der Waals surface area contributed by atoms with E-state index in [4.69, 9.17) is 9.31 Å². The lowest BCUT2D eigenvalue weighted by Crippen LogP contribution is -2.41. The zero-order valence-electron chi connectivity index (χ0n) is 11.4. The first-order valence-corrected chi connectivity index (χ1v) is 5.99. The van der Waals surface area contributed by atoms with E-state index in [-0.39, 0.29) is 5.75 Å². The van der Waals surface area contributed by atoms with E-state index >= 15 is 0 Å². The molecule has 0 amide bonds. The molecule has 0 atom stereocenters. The van der Waals surface area contributed by atoms with E-state index < -0.39 is 24.1 Å². The molecule has 0 aliphatic carbocycles. The Morgan fingerprint density at radius 2 is 1.61 bits per heavy atom. The van der Waals surface area contributed by atoms with Crippen LogP contribution in [-0.2, 0) is 9.31 Å². The molecule has 0 radical (unpaired) electrons. The number of hydrogen-bond acceptors (Lipinski definition) is 3. The van der Waals surface area contributed by atoms with Crippen LogP contribution in [0.25, 0.3) is 0 Å².